The number of hydrogen-bond acceptors (Lipinski definition) is 5. The Morgan fingerprint density at radius 1 is 0.667 bits per heavy atom. The van der Waals surface area contributed by atoms with E-state index in [1.807, 2.05) is 78.9 Å². The van der Waals surface area contributed by atoms with Crippen LogP contribution in [0.4, 0.5) is 17.1 Å². The van der Waals surface area contributed by atoms with Crippen molar-refractivity contribution in [3.05, 3.63) is 91.0 Å². The first-order valence-electron chi connectivity index (χ1n) is 8.40. The molecule has 0 atom stereocenters. The van der Waals surface area contributed by atoms with Crippen molar-refractivity contribution in [2.45, 2.75) is 0 Å². The third-order valence-electron chi connectivity index (χ3n) is 3.50. The van der Waals surface area contributed by atoms with Crippen molar-refractivity contribution < 1.29 is 4.79 Å². The van der Waals surface area contributed by atoms with Crippen molar-refractivity contribution in [2.75, 3.05) is 16.2 Å². The molecule has 0 bridgehead atoms. The first-order chi connectivity index (χ1) is 13.3. The maximum Gasteiger partial charge on any atom is 0.277 e. The second-order valence-electron chi connectivity index (χ2n) is 5.53. The summed E-state index contributed by atoms with van der Waals surface area (Å²) in [4.78, 5) is 12.6. The van der Waals surface area contributed by atoms with Gasteiger partial charge in [0.1, 0.15) is 0 Å². The average Bonchev–Trinajstić information content (AvgIpc) is 2.72. The Hall–Kier alpha value is -3.93. The van der Waals surface area contributed by atoms with Gasteiger partial charge in [-0.05, 0) is 36.4 Å². The molecule has 0 aliphatic heterocycles. The summed E-state index contributed by atoms with van der Waals surface area (Å²) in [5.41, 5.74) is 8.13. The van der Waals surface area contributed by atoms with Crippen molar-refractivity contribution in [1.82, 2.24) is 0 Å². The molecule has 0 aromatic heterocycles. The number of anilines is 3. The van der Waals surface area contributed by atoms with Crippen molar-refractivity contribution in [3.8, 4) is 0 Å². The van der Waals surface area contributed by atoms with Gasteiger partial charge in [0, 0.05) is 5.69 Å². The molecule has 0 aliphatic rings. The smallest absolute Gasteiger partial charge is 0.277 e. The molecule has 0 fully saturated rings. The monoisotopic (exact) mass is 357 g/mol. The Kier molecular flexibility index (Phi) is 6.31. The Morgan fingerprint density at radius 2 is 1.15 bits per heavy atom. The zero-order chi connectivity index (χ0) is 18.7. The minimum atomic E-state index is -0.372. The fourth-order valence-corrected chi connectivity index (χ4v) is 2.17. The van der Waals surface area contributed by atoms with Crippen LogP contribution in [0.5, 0.6) is 0 Å². The molecule has 0 unspecified atom stereocenters. The summed E-state index contributed by atoms with van der Waals surface area (Å²) in [6.07, 6.45) is 1.38. The van der Waals surface area contributed by atoms with Crippen molar-refractivity contribution in [2.24, 2.45) is 10.2 Å². The molecule has 0 radical (unpaired) electrons. The first-order valence-corrected chi connectivity index (χ1v) is 8.40. The summed E-state index contributed by atoms with van der Waals surface area (Å²) >= 11 is 0. The summed E-state index contributed by atoms with van der Waals surface area (Å²) < 4.78 is 0. The van der Waals surface area contributed by atoms with Gasteiger partial charge in [-0.2, -0.15) is 10.2 Å². The highest BCUT2D eigenvalue weighted by atomic mass is 16.2. The van der Waals surface area contributed by atoms with Crippen LogP contribution >= 0.6 is 0 Å². The summed E-state index contributed by atoms with van der Waals surface area (Å²) in [6, 6.07) is 28.0. The molecule has 6 nitrogen and oxygen atoms in total. The highest BCUT2D eigenvalue weighted by Crippen LogP contribution is 2.07. The van der Waals surface area contributed by atoms with Crippen LogP contribution in [0.15, 0.2) is 101 Å². The second-order valence-corrected chi connectivity index (χ2v) is 5.53. The quantitative estimate of drug-likeness (QED) is 0.438. The van der Waals surface area contributed by atoms with Gasteiger partial charge < -0.3 is 5.32 Å². The maximum atomic E-state index is 12.6. The first kappa shape index (κ1) is 17.9. The standard InChI is InChI=1S/C21H19N5O/c27-21(23-17-10-4-1-5-11-17)20(26-25-19-14-8-3-9-15-19)16-22-24-18-12-6-2-7-13-18/h1-16,24-25H,(H,23,27)/b22-16+,26-20+. The fraction of sp³-hybridized carbons (Fsp3) is 0. The van der Waals surface area contributed by atoms with Gasteiger partial charge in [-0.25, -0.2) is 0 Å². The van der Waals surface area contributed by atoms with Gasteiger partial charge in [0.25, 0.3) is 5.91 Å². The molecule has 0 saturated heterocycles. The van der Waals surface area contributed by atoms with Crippen LogP contribution in [0.1, 0.15) is 0 Å². The van der Waals surface area contributed by atoms with Gasteiger partial charge in [-0.3, -0.25) is 15.6 Å². The van der Waals surface area contributed by atoms with Crippen LogP contribution in [0.2, 0.25) is 0 Å². The number of hydrogen-bond donors (Lipinski definition) is 3. The lowest BCUT2D eigenvalue weighted by Crippen LogP contribution is -2.25. The van der Waals surface area contributed by atoms with E-state index in [9.17, 15) is 4.79 Å². The van der Waals surface area contributed by atoms with Crippen LogP contribution < -0.4 is 16.2 Å². The second kappa shape index (κ2) is 9.53. The molecule has 3 N–H and O–H groups in total. The van der Waals surface area contributed by atoms with Gasteiger partial charge in [0.15, 0.2) is 5.71 Å². The van der Waals surface area contributed by atoms with Crippen LogP contribution in [0.3, 0.4) is 0 Å². The third-order valence-corrected chi connectivity index (χ3v) is 3.50. The number of carbonyl (C=O) groups excluding carboxylic acids is 1. The van der Waals surface area contributed by atoms with Crippen LogP contribution in [-0.2, 0) is 4.79 Å². The Labute approximate surface area is 157 Å². The van der Waals surface area contributed by atoms with E-state index < -0.39 is 0 Å². The zero-order valence-corrected chi connectivity index (χ0v) is 14.5. The lowest BCUT2D eigenvalue weighted by Gasteiger charge is -2.06. The van der Waals surface area contributed by atoms with Crippen LogP contribution in [0, 0.1) is 0 Å². The van der Waals surface area contributed by atoms with Gasteiger partial charge in [-0.1, -0.05) is 54.6 Å². The third kappa shape index (κ3) is 5.82. The van der Waals surface area contributed by atoms with E-state index >= 15 is 0 Å². The van der Waals surface area contributed by atoms with Crippen molar-refractivity contribution in [1.29, 1.82) is 0 Å². The number of nitrogens with one attached hydrogen (secondary N) is 3. The predicted octanol–water partition coefficient (Wildman–Crippen LogP) is 4.19. The Bertz CT molecular complexity index is 909. The topological polar surface area (TPSA) is 77.9 Å². The molecule has 0 heterocycles. The number of para-hydroxylation sites is 3. The molecule has 3 aromatic rings. The maximum absolute atomic E-state index is 12.6. The Balaban J connectivity index is 1.74. The highest BCUT2D eigenvalue weighted by Gasteiger charge is 2.10. The van der Waals surface area contributed by atoms with Crippen molar-refractivity contribution in [3.63, 3.8) is 0 Å². The molecule has 0 aliphatic carbocycles. The molecule has 3 rings (SSSR count). The molecule has 27 heavy (non-hydrogen) atoms. The van der Waals surface area contributed by atoms with E-state index in [-0.39, 0.29) is 11.6 Å². The largest absolute Gasteiger partial charge is 0.321 e. The number of nitrogens with zero attached hydrogens (tertiary/aromatic N) is 2. The Morgan fingerprint density at radius 3 is 1.70 bits per heavy atom. The lowest BCUT2D eigenvalue weighted by atomic mass is 10.3. The van der Waals surface area contributed by atoms with Crippen molar-refractivity contribution >= 4 is 34.9 Å². The number of amides is 1. The molecule has 0 spiro atoms. The van der Waals surface area contributed by atoms with Gasteiger partial charge >= 0.3 is 0 Å². The van der Waals surface area contributed by atoms with Gasteiger partial charge in [0.05, 0.1) is 17.6 Å². The van der Waals surface area contributed by atoms with Gasteiger partial charge in [0.2, 0.25) is 0 Å². The van der Waals surface area contributed by atoms with Crippen LogP contribution in [0.25, 0.3) is 0 Å². The van der Waals surface area contributed by atoms with Crippen LogP contribution in [-0.4, -0.2) is 17.8 Å². The number of hydrazone groups is 2. The summed E-state index contributed by atoms with van der Waals surface area (Å²) in [7, 11) is 0. The summed E-state index contributed by atoms with van der Waals surface area (Å²) in [5, 5.41) is 11.1. The molecule has 6 heteroatoms. The van der Waals surface area contributed by atoms with Gasteiger partial charge in [-0.15, -0.1) is 0 Å². The number of carbonyl (C=O) groups is 1. The number of benzene rings is 3. The van der Waals surface area contributed by atoms with E-state index in [0.29, 0.717) is 5.69 Å². The van der Waals surface area contributed by atoms with E-state index in [1.165, 1.54) is 6.21 Å². The minimum absolute atomic E-state index is 0.131. The minimum Gasteiger partial charge on any atom is -0.321 e. The van der Waals surface area contributed by atoms with E-state index in [1.54, 1.807) is 12.1 Å². The van der Waals surface area contributed by atoms with E-state index in [2.05, 4.69) is 26.4 Å². The lowest BCUT2D eigenvalue weighted by molar-refractivity contribution is -0.110. The fourth-order valence-electron chi connectivity index (χ4n) is 2.17. The normalized spacial score (nSPS) is 11.2. The number of rotatable bonds is 7. The molecular weight excluding hydrogens is 338 g/mol. The average molecular weight is 357 g/mol. The molecule has 0 saturated carbocycles. The van der Waals surface area contributed by atoms with E-state index in [4.69, 9.17) is 0 Å². The molecule has 3 aromatic carbocycles. The SMILES string of the molecule is O=C(Nc1ccccc1)C(/C=N/Nc1ccccc1)=N/Nc1ccccc1. The predicted molar refractivity (Wildman–Crippen MR) is 111 cm³/mol. The van der Waals surface area contributed by atoms with E-state index in [0.717, 1.165) is 11.4 Å². The zero-order valence-electron chi connectivity index (χ0n) is 14.5. The molecule has 134 valence electrons. The highest BCUT2D eigenvalue weighted by molar-refractivity contribution is 6.63. The molecule has 1 amide bonds. The summed E-state index contributed by atoms with van der Waals surface area (Å²) in [5.74, 6) is -0.372. The summed E-state index contributed by atoms with van der Waals surface area (Å²) in [6.45, 7) is 0. The molecular formula is C21H19N5O.